The van der Waals surface area contributed by atoms with Crippen LogP contribution in [-0.2, 0) is 26.5 Å². The van der Waals surface area contributed by atoms with Crippen molar-refractivity contribution >= 4 is 49.2 Å². The average molecular weight is 552 g/mol. The predicted octanol–water partition coefficient (Wildman–Crippen LogP) is 2.27. The number of hydrogen-bond donors (Lipinski definition) is 4. The van der Waals surface area contributed by atoms with Crippen LogP contribution >= 0.6 is 15.2 Å². The number of anilines is 2. The number of nitrogen functional groups attached to an aromatic ring is 2. The van der Waals surface area contributed by atoms with Crippen LogP contribution in [0.15, 0.2) is 25.3 Å². The first-order valence-corrected chi connectivity index (χ1v) is 15.1. The number of nitrogens with zero attached hydrogens (tertiary/aromatic N) is 8. The maximum absolute atomic E-state index is 12.6. The van der Waals surface area contributed by atoms with Crippen molar-refractivity contribution in [1.29, 1.82) is 0 Å². The summed E-state index contributed by atoms with van der Waals surface area (Å²) in [5, 5.41) is 0. The van der Waals surface area contributed by atoms with Gasteiger partial charge in [0, 0.05) is 13.1 Å². The van der Waals surface area contributed by atoms with E-state index in [2.05, 4.69) is 29.9 Å². The molecule has 17 heteroatoms. The van der Waals surface area contributed by atoms with E-state index in [4.69, 9.17) is 15.8 Å². The van der Waals surface area contributed by atoms with Gasteiger partial charge in [-0.3, -0.25) is 9.13 Å². The van der Waals surface area contributed by atoms with Crippen LogP contribution in [0, 0.1) is 11.8 Å². The number of hydrogen-bond acceptors (Lipinski definition) is 11. The highest BCUT2D eigenvalue weighted by Gasteiger charge is 2.32. The van der Waals surface area contributed by atoms with E-state index < -0.39 is 15.2 Å². The minimum atomic E-state index is -4.30. The molecule has 0 spiro atoms. The molecule has 4 rings (SSSR count). The van der Waals surface area contributed by atoms with Crippen LogP contribution < -0.4 is 11.5 Å². The lowest BCUT2D eigenvalue weighted by molar-refractivity contribution is 0.323. The molecule has 4 atom stereocenters. The van der Waals surface area contributed by atoms with Crippen LogP contribution in [0.4, 0.5) is 11.6 Å². The van der Waals surface area contributed by atoms with Gasteiger partial charge < -0.3 is 30.4 Å². The Labute approximate surface area is 212 Å². The molecule has 0 aliphatic carbocycles. The van der Waals surface area contributed by atoms with Gasteiger partial charge in [-0.2, -0.15) is 0 Å². The molecule has 0 aliphatic rings. The molecule has 37 heavy (non-hydrogen) atoms. The van der Waals surface area contributed by atoms with Gasteiger partial charge in [-0.1, -0.05) is 13.8 Å². The number of fused-ring (bicyclic) bond motifs is 2. The van der Waals surface area contributed by atoms with Gasteiger partial charge in [0.05, 0.1) is 25.0 Å². The molecule has 0 bridgehead atoms. The second-order valence-corrected chi connectivity index (χ2v) is 13.3. The molecule has 0 saturated carbocycles. The highest BCUT2D eigenvalue weighted by molar-refractivity contribution is 7.66. The van der Waals surface area contributed by atoms with Crippen molar-refractivity contribution in [3.05, 3.63) is 25.3 Å². The summed E-state index contributed by atoms with van der Waals surface area (Å²) in [7, 11) is -8.60. The minimum Gasteiger partial charge on any atom is -0.382 e. The fourth-order valence-corrected chi connectivity index (χ4v) is 7.75. The standard InChI is InChI=1S/C20H30N10O5P2/c1-13(7-29-11-27-15-17(21)23-9-25-19(15)29)3-5-36(31,32)35-37(33,34)6-4-14(2)8-30-12-28-16-18(22)24-10-26-20(16)30/h9-14H,3-8H2,1-2H3,(H,31,32)(H,33,34)(H2,21,23,25)(H2,22,24,26)/t13-,14-/m0/s1. The number of aromatic nitrogens is 8. The Morgan fingerprint density at radius 2 is 1.19 bits per heavy atom. The summed E-state index contributed by atoms with van der Waals surface area (Å²) in [6.45, 7) is 4.69. The third kappa shape index (κ3) is 6.68. The fourth-order valence-electron chi connectivity index (χ4n) is 3.97. The van der Waals surface area contributed by atoms with E-state index >= 15 is 0 Å². The SMILES string of the molecule is C[C@@H](CCP(=O)(O)OP(=O)(O)CC[C@H](C)Cn1cnc2c(N)ncnc21)Cn1cnc2c(N)ncnc21. The van der Waals surface area contributed by atoms with Crippen molar-refractivity contribution < 1.29 is 23.2 Å². The van der Waals surface area contributed by atoms with Gasteiger partial charge >= 0.3 is 15.2 Å². The zero-order valence-corrected chi connectivity index (χ0v) is 22.2. The summed E-state index contributed by atoms with van der Waals surface area (Å²) in [5.41, 5.74) is 13.7. The van der Waals surface area contributed by atoms with Crippen LogP contribution in [0.5, 0.6) is 0 Å². The summed E-state index contributed by atoms with van der Waals surface area (Å²) in [5.74, 6) is 0.404. The van der Waals surface area contributed by atoms with Crippen molar-refractivity contribution in [2.24, 2.45) is 11.8 Å². The first kappa shape index (κ1) is 27.1. The normalized spacial score (nSPS) is 17.0. The Kier molecular flexibility index (Phi) is 7.91. The summed E-state index contributed by atoms with van der Waals surface area (Å²) >= 11 is 0. The lowest BCUT2D eigenvalue weighted by Gasteiger charge is -2.20. The summed E-state index contributed by atoms with van der Waals surface area (Å²) < 4.78 is 33.6. The quantitative estimate of drug-likeness (QED) is 0.185. The first-order valence-electron chi connectivity index (χ1n) is 11.6. The van der Waals surface area contributed by atoms with Crippen molar-refractivity contribution in [1.82, 2.24) is 39.0 Å². The van der Waals surface area contributed by atoms with E-state index in [-0.39, 0.29) is 48.6 Å². The van der Waals surface area contributed by atoms with Gasteiger partial charge in [0.1, 0.15) is 23.7 Å². The van der Waals surface area contributed by atoms with Gasteiger partial charge in [0.15, 0.2) is 22.9 Å². The van der Waals surface area contributed by atoms with Crippen molar-refractivity contribution in [2.45, 2.75) is 39.8 Å². The van der Waals surface area contributed by atoms with E-state index in [1.807, 2.05) is 13.8 Å². The van der Waals surface area contributed by atoms with Gasteiger partial charge in [0.2, 0.25) is 0 Å². The lowest BCUT2D eigenvalue weighted by Crippen LogP contribution is -2.11. The molecule has 0 fully saturated rings. The highest BCUT2D eigenvalue weighted by atomic mass is 31.3. The minimum absolute atomic E-state index is 0.0707. The van der Waals surface area contributed by atoms with E-state index in [0.717, 1.165) is 0 Å². The maximum Gasteiger partial charge on any atom is 0.335 e. The maximum atomic E-state index is 12.6. The molecule has 200 valence electrons. The second-order valence-electron chi connectivity index (χ2n) is 9.25. The van der Waals surface area contributed by atoms with Gasteiger partial charge in [-0.05, 0) is 24.7 Å². The zero-order valence-electron chi connectivity index (χ0n) is 20.5. The fraction of sp³-hybridized carbons (Fsp3) is 0.500. The van der Waals surface area contributed by atoms with Gasteiger partial charge in [0.25, 0.3) is 0 Å². The molecule has 4 heterocycles. The molecule has 0 amide bonds. The van der Waals surface area contributed by atoms with Crippen molar-refractivity contribution in [2.75, 3.05) is 23.8 Å². The summed E-state index contributed by atoms with van der Waals surface area (Å²) in [6, 6.07) is 0. The number of nitrogens with two attached hydrogens (primary N) is 2. The van der Waals surface area contributed by atoms with Crippen LogP contribution in [-0.4, -0.2) is 61.1 Å². The monoisotopic (exact) mass is 552 g/mol. The van der Waals surface area contributed by atoms with E-state index in [1.165, 1.54) is 12.7 Å². The van der Waals surface area contributed by atoms with Crippen LogP contribution in [0.2, 0.25) is 0 Å². The third-order valence-corrected chi connectivity index (χ3v) is 9.63. The first-order chi connectivity index (χ1) is 17.4. The smallest absolute Gasteiger partial charge is 0.335 e. The number of rotatable bonds is 12. The molecule has 4 aromatic rings. The molecule has 0 aromatic carbocycles. The average Bonchev–Trinajstić information content (AvgIpc) is 3.42. The molecule has 6 N–H and O–H groups in total. The Bertz CT molecular complexity index is 1380. The lowest BCUT2D eigenvalue weighted by atomic mass is 10.1. The number of imidazole rings is 2. The van der Waals surface area contributed by atoms with Crippen LogP contribution in [0.25, 0.3) is 22.3 Å². The molecular weight excluding hydrogens is 522 g/mol. The third-order valence-electron chi connectivity index (χ3n) is 5.94. The summed E-state index contributed by atoms with van der Waals surface area (Å²) in [6.07, 6.45) is 5.89. The molecule has 0 saturated heterocycles. The predicted molar refractivity (Wildman–Crippen MR) is 138 cm³/mol. The molecular formula is C20H30N10O5P2. The Morgan fingerprint density at radius 1 is 0.784 bits per heavy atom. The molecule has 15 nitrogen and oxygen atoms in total. The van der Waals surface area contributed by atoms with E-state index in [0.29, 0.717) is 35.4 Å². The Hall–Kier alpha value is -2.96. The van der Waals surface area contributed by atoms with Crippen molar-refractivity contribution in [3.8, 4) is 0 Å². The van der Waals surface area contributed by atoms with Gasteiger partial charge in [-0.25, -0.2) is 34.2 Å². The molecule has 4 aromatic heterocycles. The molecule has 2 unspecified atom stereocenters. The molecule has 0 aliphatic heterocycles. The highest BCUT2D eigenvalue weighted by Crippen LogP contribution is 2.60. The molecule has 0 radical (unpaired) electrons. The summed E-state index contributed by atoms with van der Waals surface area (Å²) in [4.78, 5) is 45.1. The van der Waals surface area contributed by atoms with E-state index in [9.17, 15) is 18.9 Å². The largest absolute Gasteiger partial charge is 0.382 e. The van der Waals surface area contributed by atoms with Gasteiger partial charge in [-0.15, -0.1) is 0 Å². The van der Waals surface area contributed by atoms with E-state index in [1.54, 1.807) is 21.8 Å². The van der Waals surface area contributed by atoms with Crippen LogP contribution in [0.1, 0.15) is 26.7 Å². The van der Waals surface area contributed by atoms with Crippen LogP contribution in [0.3, 0.4) is 0 Å². The topological polar surface area (TPSA) is 223 Å². The zero-order chi connectivity index (χ0) is 26.8. The second kappa shape index (κ2) is 10.8. The van der Waals surface area contributed by atoms with Crippen molar-refractivity contribution in [3.63, 3.8) is 0 Å². The Morgan fingerprint density at radius 3 is 1.59 bits per heavy atom. The Balaban J connectivity index is 1.26.